The average Bonchev–Trinajstić information content (AvgIpc) is 2.80. The summed E-state index contributed by atoms with van der Waals surface area (Å²) in [6.45, 7) is -0.580. The van der Waals surface area contributed by atoms with Crippen LogP contribution in [0, 0.1) is 0 Å². The molecule has 4 rings (SSSR count). The molecule has 168 valence electrons. The zero-order valence-electron chi connectivity index (χ0n) is 17.1. The molecule has 3 atom stereocenters. The quantitative estimate of drug-likeness (QED) is 0.400. The Bertz CT molecular complexity index is 1230. The summed E-state index contributed by atoms with van der Waals surface area (Å²) >= 11 is 0. The second-order valence-corrected chi connectivity index (χ2v) is 7.45. The lowest BCUT2D eigenvalue weighted by molar-refractivity contribution is -0.112. The Morgan fingerprint density at radius 2 is 1.78 bits per heavy atom. The topological polar surface area (TPSA) is 150 Å². The summed E-state index contributed by atoms with van der Waals surface area (Å²) in [5.74, 6) is -0.864. The van der Waals surface area contributed by atoms with Crippen LogP contribution in [0.2, 0.25) is 0 Å². The van der Waals surface area contributed by atoms with Crippen LogP contribution in [0.25, 0.3) is 22.1 Å². The number of benzene rings is 2. The molecule has 0 fully saturated rings. The van der Waals surface area contributed by atoms with E-state index in [1.165, 1.54) is 31.6 Å². The molecule has 0 bridgehead atoms. The van der Waals surface area contributed by atoms with Crippen LogP contribution in [0.3, 0.4) is 0 Å². The van der Waals surface area contributed by atoms with E-state index in [1.807, 2.05) is 0 Å². The summed E-state index contributed by atoms with van der Waals surface area (Å²) in [5.41, 5.74) is 1.41. The van der Waals surface area contributed by atoms with E-state index in [-0.39, 0.29) is 28.6 Å². The molecule has 0 saturated carbocycles. The van der Waals surface area contributed by atoms with Crippen molar-refractivity contribution in [1.29, 1.82) is 0 Å². The summed E-state index contributed by atoms with van der Waals surface area (Å²) in [4.78, 5) is 13.1. The molecular formula is C23H22O9. The lowest BCUT2D eigenvalue weighted by atomic mass is 9.96. The number of ether oxygens (including phenoxy) is 2. The van der Waals surface area contributed by atoms with Gasteiger partial charge in [0.15, 0.2) is 11.5 Å². The van der Waals surface area contributed by atoms with Gasteiger partial charge in [-0.1, -0.05) is 12.1 Å². The summed E-state index contributed by atoms with van der Waals surface area (Å²) in [6, 6.07) is 9.25. The maximum Gasteiger partial charge on any atom is 0.200 e. The minimum atomic E-state index is -1.51. The van der Waals surface area contributed by atoms with Gasteiger partial charge < -0.3 is 39.4 Å². The first-order valence-electron chi connectivity index (χ1n) is 9.82. The van der Waals surface area contributed by atoms with Crippen molar-refractivity contribution < 1.29 is 39.4 Å². The number of methoxy groups -OCH3 is 1. The Balaban J connectivity index is 1.73. The Morgan fingerprint density at radius 3 is 2.44 bits per heavy atom. The fraction of sp³-hybridized carbons (Fsp3) is 0.261. The number of aliphatic hydroxyl groups excluding tert-OH is 4. The highest BCUT2D eigenvalue weighted by atomic mass is 16.5. The van der Waals surface area contributed by atoms with Crippen molar-refractivity contribution in [2.45, 2.75) is 24.7 Å². The van der Waals surface area contributed by atoms with Crippen LogP contribution in [0.5, 0.6) is 11.5 Å². The average molecular weight is 442 g/mol. The highest BCUT2D eigenvalue weighted by Crippen LogP contribution is 2.31. The second-order valence-electron chi connectivity index (χ2n) is 7.45. The maximum absolute atomic E-state index is 13.1. The van der Waals surface area contributed by atoms with Crippen molar-refractivity contribution >= 4 is 11.0 Å². The predicted molar refractivity (Wildman–Crippen MR) is 114 cm³/mol. The number of aliphatic hydroxyl groups is 4. The van der Waals surface area contributed by atoms with Crippen molar-refractivity contribution in [2.75, 3.05) is 13.7 Å². The van der Waals surface area contributed by atoms with E-state index in [1.54, 1.807) is 18.2 Å². The van der Waals surface area contributed by atoms with Crippen molar-refractivity contribution in [3.8, 4) is 22.6 Å². The van der Waals surface area contributed by atoms with Crippen LogP contribution >= 0.6 is 0 Å². The number of hydrogen-bond acceptors (Lipinski definition) is 9. The van der Waals surface area contributed by atoms with E-state index in [2.05, 4.69) is 0 Å². The molecule has 9 heteroatoms. The molecule has 32 heavy (non-hydrogen) atoms. The summed E-state index contributed by atoms with van der Waals surface area (Å²) < 4.78 is 16.6. The number of phenols is 1. The molecule has 3 aromatic rings. The molecule has 1 aliphatic rings. The molecular weight excluding hydrogens is 420 g/mol. The minimum Gasteiger partial charge on any atom is -0.508 e. The molecule has 0 aliphatic carbocycles. The summed E-state index contributed by atoms with van der Waals surface area (Å²) in [7, 11) is 1.42. The van der Waals surface area contributed by atoms with E-state index in [9.17, 15) is 30.3 Å². The standard InChI is InChI=1S/C23H22O9/c1-30-16-8-14-17(31-10-15(20(14)26)11-2-4-13(25)5-3-11)6-12(16)7-18-21(27)23(29)22(28)19(9-24)32-18/h2-6,8,10,18-19,21,24-25,27-29H,7,9H2,1H3. The third-order valence-electron chi connectivity index (χ3n) is 5.48. The molecule has 2 aromatic carbocycles. The third kappa shape index (κ3) is 3.77. The van der Waals surface area contributed by atoms with Crippen LogP contribution in [0.15, 0.2) is 63.4 Å². The lowest BCUT2D eigenvalue weighted by Crippen LogP contribution is -2.43. The van der Waals surface area contributed by atoms with Gasteiger partial charge in [0.05, 0.1) is 30.8 Å². The van der Waals surface area contributed by atoms with E-state index in [0.29, 0.717) is 22.4 Å². The van der Waals surface area contributed by atoms with Gasteiger partial charge in [-0.3, -0.25) is 4.79 Å². The minimum absolute atomic E-state index is 0.0392. The SMILES string of the molecule is COc1cc2c(=O)c(-c3ccc(O)cc3)coc2cc1CC1OC(CO)C(O)=C(O)C1O. The molecule has 5 N–H and O–H groups in total. The smallest absolute Gasteiger partial charge is 0.200 e. The number of fused-ring (bicyclic) bond motifs is 1. The van der Waals surface area contributed by atoms with E-state index < -0.39 is 36.4 Å². The molecule has 0 radical (unpaired) electrons. The van der Waals surface area contributed by atoms with Crippen molar-refractivity contribution in [2.24, 2.45) is 0 Å². The van der Waals surface area contributed by atoms with E-state index >= 15 is 0 Å². The highest BCUT2D eigenvalue weighted by molar-refractivity contribution is 5.84. The molecule has 2 heterocycles. The predicted octanol–water partition coefficient (Wildman–Crippen LogP) is 2.16. The molecule has 3 unspecified atom stereocenters. The van der Waals surface area contributed by atoms with Crippen LogP contribution < -0.4 is 10.2 Å². The van der Waals surface area contributed by atoms with Gasteiger partial charge in [0.1, 0.15) is 35.6 Å². The van der Waals surface area contributed by atoms with Gasteiger partial charge in [-0.15, -0.1) is 0 Å². The first kappa shape index (κ1) is 21.7. The van der Waals surface area contributed by atoms with Gasteiger partial charge in [0.25, 0.3) is 0 Å². The molecule has 1 aliphatic heterocycles. The van der Waals surface area contributed by atoms with Gasteiger partial charge in [0.2, 0.25) is 5.43 Å². The van der Waals surface area contributed by atoms with Gasteiger partial charge in [-0.2, -0.15) is 0 Å². The van der Waals surface area contributed by atoms with E-state index in [0.717, 1.165) is 0 Å². The van der Waals surface area contributed by atoms with E-state index in [4.69, 9.17) is 13.9 Å². The first-order chi connectivity index (χ1) is 15.3. The molecule has 0 saturated heterocycles. The van der Waals surface area contributed by atoms with Gasteiger partial charge in [-0.05, 0) is 29.8 Å². The Hall–Kier alpha value is -3.53. The van der Waals surface area contributed by atoms with Crippen LogP contribution in [-0.4, -0.2) is 57.6 Å². The Kier molecular flexibility index (Phi) is 5.79. The maximum atomic E-state index is 13.1. The second kappa shape index (κ2) is 8.54. The number of rotatable bonds is 5. The van der Waals surface area contributed by atoms with Crippen LogP contribution in [0.4, 0.5) is 0 Å². The summed E-state index contributed by atoms with van der Waals surface area (Å²) in [5, 5.41) is 49.1. The number of hydrogen-bond donors (Lipinski definition) is 5. The normalized spacial score (nSPS) is 21.2. The fourth-order valence-electron chi connectivity index (χ4n) is 3.74. The number of aromatic hydroxyl groups is 1. The molecule has 0 spiro atoms. The van der Waals surface area contributed by atoms with Crippen LogP contribution in [0.1, 0.15) is 5.56 Å². The number of phenolic OH excluding ortho intramolecular Hbond substituents is 1. The van der Waals surface area contributed by atoms with Crippen molar-refractivity contribution in [3.05, 3.63) is 70.0 Å². The zero-order valence-corrected chi connectivity index (χ0v) is 17.1. The van der Waals surface area contributed by atoms with Gasteiger partial charge in [0, 0.05) is 12.0 Å². The zero-order chi connectivity index (χ0) is 23.0. The largest absolute Gasteiger partial charge is 0.508 e. The first-order valence-corrected chi connectivity index (χ1v) is 9.82. The summed E-state index contributed by atoms with van der Waals surface area (Å²) in [6.07, 6.45) is -2.30. The monoisotopic (exact) mass is 442 g/mol. The van der Waals surface area contributed by atoms with Crippen LogP contribution in [-0.2, 0) is 11.2 Å². The molecule has 1 aromatic heterocycles. The Morgan fingerprint density at radius 1 is 1.06 bits per heavy atom. The lowest BCUT2D eigenvalue weighted by Gasteiger charge is -2.32. The third-order valence-corrected chi connectivity index (χ3v) is 5.48. The molecule has 0 amide bonds. The van der Waals surface area contributed by atoms with Crippen molar-refractivity contribution in [3.63, 3.8) is 0 Å². The Labute approximate surface area is 182 Å². The van der Waals surface area contributed by atoms with Gasteiger partial charge in [-0.25, -0.2) is 0 Å². The highest BCUT2D eigenvalue weighted by Gasteiger charge is 2.37. The molecule has 9 nitrogen and oxygen atoms in total. The van der Waals surface area contributed by atoms with Gasteiger partial charge >= 0.3 is 0 Å². The van der Waals surface area contributed by atoms with Crippen molar-refractivity contribution in [1.82, 2.24) is 0 Å². The fourth-order valence-corrected chi connectivity index (χ4v) is 3.74.